The summed E-state index contributed by atoms with van der Waals surface area (Å²) in [6.07, 6.45) is 1.29. The molecule has 3 N–H and O–H groups in total. The first-order valence-electron chi connectivity index (χ1n) is 4.96. The fraction of sp³-hybridized carbons (Fsp3) is 0.0909. The zero-order chi connectivity index (χ0) is 13.1. The van der Waals surface area contributed by atoms with Gasteiger partial charge in [0, 0.05) is 11.6 Å². The molecule has 1 amide bonds. The summed E-state index contributed by atoms with van der Waals surface area (Å²) in [4.78, 5) is 20.9. The monoisotopic (exact) mass is 244 g/mol. The number of benzene rings is 1. The van der Waals surface area contributed by atoms with Crippen LogP contribution in [0.25, 0.3) is 10.9 Å². The molecule has 0 fully saturated rings. The van der Waals surface area contributed by atoms with Crippen molar-refractivity contribution < 1.29 is 9.72 Å². The Morgan fingerprint density at radius 2 is 2.33 bits per heavy atom. The van der Waals surface area contributed by atoms with E-state index in [4.69, 9.17) is 5.73 Å². The van der Waals surface area contributed by atoms with E-state index in [1.807, 2.05) is 0 Å². The molecule has 0 saturated carbocycles. The van der Waals surface area contributed by atoms with Gasteiger partial charge < -0.3 is 5.73 Å². The predicted molar refractivity (Wildman–Crippen MR) is 63.4 cm³/mol. The quantitative estimate of drug-likeness (QED) is 0.459. The van der Waals surface area contributed by atoms with E-state index in [1.165, 1.54) is 12.3 Å². The summed E-state index contributed by atoms with van der Waals surface area (Å²) in [5.74, 6) is 4.65. The number of carbonyl (C=O) groups is 1. The summed E-state index contributed by atoms with van der Waals surface area (Å²) in [6.45, 7) is 0. The minimum absolute atomic E-state index is 0.0791. The van der Waals surface area contributed by atoms with Gasteiger partial charge in [-0.3, -0.25) is 20.0 Å². The molecule has 18 heavy (non-hydrogen) atoms. The molecular formula is C11H8N4O3. The van der Waals surface area contributed by atoms with E-state index in [2.05, 4.69) is 22.0 Å². The third-order valence-corrected chi connectivity index (χ3v) is 2.23. The van der Waals surface area contributed by atoms with E-state index in [0.29, 0.717) is 16.5 Å². The number of aromatic nitrogens is 2. The van der Waals surface area contributed by atoms with E-state index in [-0.39, 0.29) is 12.1 Å². The summed E-state index contributed by atoms with van der Waals surface area (Å²) < 4.78 is 0. The van der Waals surface area contributed by atoms with Gasteiger partial charge in [0.15, 0.2) is 0 Å². The second kappa shape index (κ2) is 4.55. The van der Waals surface area contributed by atoms with Crippen LogP contribution in [0.5, 0.6) is 0 Å². The Morgan fingerprint density at radius 1 is 1.56 bits per heavy atom. The minimum Gasteiger partial charge on any atom is -0.369 e. The van der Waals surface area contributed by atoms with Crippen LogP contribution < -0.4 is 5.73 Å². The van der Waals surface area contributed by atoms with Gasteiger partial charge in [0.1, 0.15) is 0 Å². The predicted octanol–water partition coefficient (Wildman–Crippen LogP) is 0.698. The molecule has 90 valence electrons. The normalized spacial score (nSPS) is 9.78. The maximum atomic E-state index is 10.9. The summed E-state index contributed by atoms with van der Waals surface area (Å²) in [5.41, 5.74) is 5.82. The number of non-ortho nitro benzene ring substituents is 1. The molecule has 0 aliphatic carbocycles. The van der Waals surface area contributed by atoms with E-state index >= 15 is 0 Å². The van der Waals surface area contributed by atoms with Crippen molar-refractivity contribution in [3.63, 3.8) is 0 Å². The third kappa shape index (κ3) is 2.27. The van der Waals surface area contributed by atoms with Gasteiger partial charge in [-0.1, -0.05) is 11.8 Å². The van der Waals surface area contributed by atoms with Crippen LogP contribution in [0.3, 0.4) is 0 Å². The molecule has 1 heterocycles. The third-order valence-electron chi connectivity index (χ3n) is 2.23. The van der Waals surface area contributed by atoms with Crippen LogP contribution in [0.15, 0.2) is 18.3 Å². The van der Waals surface area contributed by atoms with Crippen LogP contribution in [0, 0.1) is 22.0 Å². The molecule has 0 spiro atoms. The smallest absolute Gasteiger partial charge is 0.281 e. The first-order chi connectivity index (χ1) is 8.58. The molecule has 0 atom stereocenters. The number of aromatic amines is 1. The average Bonchev–Trinajstić information content (AvgIpc) is 2.75. The van der Waals surface area contributed by atoms with Gasteiger partial charge in [-0.05, 0) is 6.07 Å². The van der Waals surface area contributed by atoms with Gasteiger partial charge in [-0.15, -0.1) is 0 Å². The lowest BCUT2D eigenvalue weighted by Gasteiger charge is -1.95. The molecule has 0 radical (unpaired) electrons. The van der Waals surface area contributed by atoms with Gasteiger partial charge >= 0.3 is 0 Å². The summed E-state index contributed by atoms with van der Waals surface area (Å²) in [7, 11) is 0. The number of primary amides is 1. The number of nitrogens with zero attached hydrogens (tertiary/aromatic N) is 2. The van der Waals surface area contributed by atoms with Crippen molar-refractivity contribution in [1.82, 2.24) is 10.2 Å². The summed E-state index contributed by atoms with van der Waals surface area (Å²) in [6, 6.07) is 2.97. The molecule has 0 aliphatic rings. The molecule has 0 aliphatic heterocycles. The Bertz CT molecular complexity index is 693. The highest BCUT2D eigenvalue weighted by molar-refractivity contribution is 5.89. The van der Waals surface area contributed by atoms with Crippen molar-refractivity contribution >= 4 is 22.5 Å². The number of fused-ring (bicyclic) bond motifs is 1. The van der Waals surface area contributed by atoms with Crippen molar-refractivity contribution in [1.29, 1.82) is 0 Å². The lowest BCUT2D eigenvalue weighted by Crippen LogP contribution is -2.08. The molecule has 0 saturated heterocycles. The molecular weight excluding hydrogens is 236 g/mol. The van der Waals surface area contributed by atoms with Gasteiger partial charge in [-0.2, -0.15) is 5.10 Å². The van der Waals surface area contributed by atoms with Crippen LogP contribution >= 0.6 is 0 Å². The molecule has 0 bridgehead atoms. The molecule has 2 aromatic rings. The van der Waals surface area contributed by atoms with Crippen LogP contribution in [-0.4, -0.2) is 21.0 Å². The van der Waals surface area contributed by atoms with Gasteiger partial charge in [-0.25, -0.2) is 0 Å². The number of nitro groups is 1. The SMILES string of the molecule is NC(=O)CC#Cc1cc([N+](=O)[O-])c2cn[nH]c2c1. The minimum atomic E-state index is -0.542. The first-order valence-corrected chi connectivity index (χ1v) is 4.96. The number of hydrogen-bond donors (Lipinski definition) is 2. The van der Waals surface area contributed by atoms with Crippen molar-refractivity contribution in [2.45, 2.75) is 6.42 Å². The fourth-order valence-electron chi connectivity index (χ4n) is 1.49. The number of nitrogens with one attached hydrogen (secondary N) is 1. The maximum Gasteiger partial charge on any atom is 0.281 e. The highest BCUT2D eigenvalue weighted by Crippen LogP contribution is 2.25. The van der Waals surface area contributed by atoms with Crippen molar-refractivity contribution in [3.05, 3.63) is 34.0 Å². The van der Waals surface area contributed by atoms with Crippen LogP contribution in [0.1, 0.15) is 12.0 Å². The van der Waals surface area contributed by atoms with E-state index < -0.39 is 10.8 Å². The second-order valence-electron chi connectivity index (χ2n) is 3.53. The lowest BCUT2D eigenvalue weighted by molar-refractivity contribution is -0.383. The van der Waals surface area contributed by atoms with Crippen molar-refractivity contribution in [3.8, 4) is 11.8 Å². The van der Waals surface area contributed by atoms with Crippen LogP contribution in [0.2, 0.25) is 0 Å². The zero-order valence-corrected chi connectivity index (χ0v) is 9.14. The van der Waals surface area contributed by atoms with E-state index in [9.17, 15) is 14.9 Å². The van der Waals surface area contributed by atoms with Crippen LogP contribution in [-0.2, 0) is 4.79 Å². The number of carbonyl (C=O) groups excluding carboxylic acids is 1. The first kappa shape index (κ1) is 11.6. The average molecular weight is 244 g/mol. The van der Waals surface area contributed by atoms with Crippen LogP contribution in [0.4, 0.5) is 5.69 Å². The number of amides is 1. The second-order valence-corrected chi connectivity index (χ2v) is 3.53. The molecule has 0 unspecified atom stereocenters. The Balaban J connectivity index is 2.48. The Hall–Kier alpha value is -2.88. The van der Waals surface area contributed by atoms with Gasteiger partial charge in [0.25, 0.3) is 5.69 Å². The molecule has 7 nitrogen and oxygen atoms in total. The molecule has 1 aromatic carbocycles. The largest absolute Gasteiger partial charge is 0.369 e. The lowest BCUT2D eigenvalue weighted by atomic mass is 10.1. The standard InChI is InChI=1S/C11H8N4O3/c12-11(16)3-1-2-7-4-9-8(6-13-14-9)10(5-7)15(17)18/h4-6H,3H2,(H2,12,16)(H,13,14). The summed E-state index contributed by atoms with van der Waals surface area (Å²) >= 11 is 0. The number of nitrogens with two attached hydrogens (primary N) is 1. The van der Waals surface area contributed by atoms with Gasteiger partial charge in [0.2, 0.25) is 5.91 Å². The van der Waals surface area contributed by atoms with Crippen molar-refractivity contribution in [2.24, 2.45) is 5.73 Å². The number of rotatable bonds is 2. The van der Waals surface area contributed by atoms with E-state index in [0.717, 1.165) is 0 Å². The summed E-state index contributed by atoms with van der Waals surface area (Å²) in [5, 5.41) is 17.7. The maximum absolute atomic E-state index is 10.9. The Labute approximate surface area is 101 Å². The molecule has 1 aromatic heterocycles. The van der Waals surface area contributed by atoms with E-state index in [1.54, 1.807) is 6.07 Å². The van der Waals surface area contributed by atoms with Gasteiger partial charge in [0.05, 0.1) is 28.4 Å². The highest BCUT2D eigenvalue weighted by Gasteiger charge is 2.14. The zero-order valence-electron chi connectivity index (χ0n) is 9.14. The highest BCUT2D eigenvalue weighted by atomic mass is 16.6. The topological polar surface area (TPSA) is 115 Å². The molecule has 7 heteroatoms. The number of nitro benzene ring substituents is 1. The number of H-pyrrole nitrogens is 1. The number of hydrogen-bond acceptors (Lipinski definition) is 4. The van der Waals surface area contributed by atoms with Crippen molar-refractivity contribution in [2.75, 3.05) is 0 Å². The molecule has 2 rings (SSSR count). The Kier molecular flexibility index (Phi) is 2.93. The Morgan fingerprint density at radius 3 is 3.00 bits per heavy atom. The fourth-order valence-corrected chi connectivity index (χ4v) is 1.49.